The fourth-order valence-electron chi connectivity index (χ4n) is 1.04. The highest BCUT2D eigenvalue weighted by Gasteiger charge is 2.03. The molecule has 0 unspecified atom stereocenters. The maximum absolute atomic E-state index is 11.1. The van der Waals surface area contributed by atoms with E-state index in [0.29, 0.717) is 6.54 Å². The zero-order valence-electron chi connectivity index (χ0n) is 8.86. The minimum absolute atomic E-state index is 0.121. The normalized spacial score (nSPS) is 10.1. The third-order valence-electron chi connectivity index (χ3n) is 1.72. The number of aromatic hydroxyl groups is 1. The lowest BCUT2D eigenvalue weighted by Crippen LogP contribution is -2.26. The molecule has 1 rings (SSSR count). The zero-order valence-corrected chi connectivity index (χ0v) is 8.86. The first-order valence-electron chi connectivity index (χ1n) is 4.80. The highest BCUT2D eigenvalue weighted by atomic mass is 16.6. The Labute approximate surface area is 88.9 Å². The van der Waals surface area contributed by atoms with Crippen molar-refractivity contribution in [2.45, 2.75) is 26.5 Å². The van der Waals surface area contributed by atoms with Gasteiger partial charge in [-0.05, 0) is 31.5 Å². The maximum atomic E-state index is 11.1. The van der Waals surface area contributed by atoms with Gasteiger partial charge in [-0.25, -0.2) is 4.79 Å². The van der Waals surface area contributed by atoms with Crippen molar-refractivity contribution < 1.29 is 14.6 Å². The lowest BCUT2D eigenvalue weighted by molar-refractivity contribution is 0.115. The van der Waals surface area contributed by atoms with Gasteiger partial charge in [-0.3, -0.25) is 0 Å². The van der Waals surface area contributed by atoms with Crippen LogP contribution in [0.1, 0.15) is 19.4 Å². The molecule has 0 saturated heterocycles. The minimum Gasteiger partial charge on any atom is -0.508 e. The summed E-state index contributed by atoms with van der Waals surface area (Å²) in [6, 6.07) is 6.63. The van der Waals surface area contributed by atoms with E-state index in [1.165, 1.54) is 0 Å². The number of carbonyl (C=O) groups is 1. The Morgan fingerprint density at radius 2 is 2.00 bits per heavy atom. The molecule has 0 saturated carbocycles. The van der Waals surface area contributed by atoms with Crippen molar-refractivity contribution in [3.05, 3.63) is 29.8 Å². The Morgan fingerprint density at radius 1 is 1.40 bits per heavy atom. The molecule has 0 atom stereocenters. The summed E-state index contributed by atoms with van der Waals surface area (Å²) in [6.45, 7) is 3.98. The Morgan fingerprint density at radius 3 is 2.53 bits per heavy atom. The van der Waals surface area contributed by atoms with Crippen molar-refractivity contribution in [1.82, 2.24) is 5.32 Å². The van der Waals surface area contributed by atoms with Crippen LogP contribution in [-0.4, -0.2) is 17.3 Å². The molecule has 0 aliphatic carbocycles. The number of benzene rings is 1. The molecule has 4 heteroatoms. The molecule has 0 bridgehead atoms. The summed E-state index contributed by atoms with van der Waals surface area (Å²) in [6.07, 6.45) is -0.553. The predicted octanol–water partition coefficient (Wildman–Crippen LogP) is 2.03. The van der Waals surface area contributed by atoms with Gasteiger partial charge < -0.3 is 15.2 Å². The number of rotatable bonds is 3. The first-order valence-corrected chi connectivity index (χ1v) is 4.80. The fourth-order valence-corrected chi connectivity index (χ4v) is 1.04. The zero-order chi connectivity index (χ0) is 11.3. The number of alkyl carbamates (subject to hydrolysis) is 1. The summed E-state index contributed by atoms with van der Waals surface area (Å²) in [5, 5.41) is 11.6. The molecular weight excluding hydrogens is 194 g/mol. The Hall–Kier alpha value is -1.71. The van der Waals surface area contributed by atoms with Crippen LogP contribution in [0.4, 0.5) is 4.79 Å². The molecule has 82 valence electrons. The molecule has 0 aromatic heterocycles. The highest BCUT2D eigenvalue weighted by Crippen LogP contribution is 2.09. The number of phenolic OH excluding ortho intramolecular Hbond substituents is 1. The lowest BCUT2D eigenvalue weighted by Gasteiger charge is -2.09. The molecule has 0 heterocycles. The van der Waals surface area contributed by atoms with Crippen LogP contribution in [-0.2, 0) is 11.3 Å². The van der Waals surface area contributed by atoms with E-state index in [1.807, 2.05) is 0 Å². The Bertz CT molecular complexity index is 319. The van der Waals surface area contributed by atoms with Gasteiger partial charge in [0.2, 0.25) is 0 Å². The van der Waals surface area contributed by atoms with E-state index in [9.17, 15) is 4.79 Å². The second kappa shape index (κ2) is 5.24. The number of ether oxygens (including phenoxy) is 1. The van der Waals surface area contributed by atoms with E-state index < -0.39 is 6.09 Å². The number of carbonyl (C=O) groups excluding carboxylic acids is 1. The summed E-state index contributed by atoms with van der Waals surface area (Å²) in [7, 11) is 0. The smallest absolute Gasteiger partial charge is 0.407 e. The van der Waals surface area contributed by atoms with Crippen LogP contribution in [0.5, 0.6) is 5.75 Å². The van der Waals surface area contributed by atoms with Gasteiger partial charge >= 0.3 is 6.09 Å². The number of amides is 1. The van der Waals surface area contributed by atoms with Crippen LogP contribution in [0.15, 0.2) is 24.3 Å². The van der Waals surface area contributed by atoms with Crippen LogP contribution in [0, 0.1) is 0 Å². The van der Waals surface area contributed by atoms with Gasteiger partial charge in [0, 0.05) is 6.54 Å². The van der Waals surface area contributed by atoms with Gasteiger partial charge in [0.05, 0.1) is 6.10 Å². The van der Waals surface area contributed by atoms with Crippen LogP contribution >= 0.6 is 0 Å². The van der Waals surface area contributed by atoms with Crippen molar-refractivity contribution in [3.8, 4) is 5.75 Å². The van der Waals surface area contributed by atoms with Crippen molar-refractivity contribution in [2.24, 2.45) is 0 Å². The second-order valence-electron chi connectivity index (χ2n) is 3.47. The summed E-state index contributed by atoms with van der Waals surface area (Å²) in [5.41, 5.74) is 0.911. The third-order valence-corrected chi connectivity index (χ3v) is 1.72. The van der Waals surface area contributed by atoms with Gasteiger partial charge in [0.15, 0.2) is 0 Å². The molecule has 0 aliphatic heterocycles. The van der Waals surface area contributed by atoms with Gasteiger partial charge in [-0.15, -0.1) is 0 Å². The van der Waals surface area contributed by atoms with E-state index >= 15 is 0 Å². The Kier molecular flexibility index (Phi) is 3.97. The average molecular weight is 209 g/mol. The van der Waals surface area contributed by atoms with Crippen LogP contribution in [0.2, 0.25) is 0 Å². The molecule has 0 radical (unpaired) electrons. The number of phenols is 1. The second-order valence-corrected chi connectivity index (χ2v) is 3.47. The summed E-state index contributed by atoms with van der Waals surface area (Å²) >= 11 is 0. The third kappa shape index (κ3) is 4.35. The highest BCUT2D eigenvalue weighted by molar-refractivity contribution is 5.67. The monoisotopic (exact) mass is 209 g/mol. The topological polar surface area (TPSA) is 58.6 Å². The predicted molar refractivity (Wildman–Crippen MR) is 56.6 cm³/mol. The molecule has 1 amide bonds. The summed E-state index contributed by atoms with van der Waals surface area (Å²) in [4.78, 5) is 11.1. The van der Waals surface area contributed by atoms with E-state index in [4.69, 9.17) is 9.84 Å². The Balaban J connectivity index is 2.37. The van der Waals surface area contributed by atoms with Gasteiger partial charge in [0.25, 0.3) is 0 Å². The summed E-state index contributed by atoms with van der Waals surface area (Å²) in [5.74, 6) is 0.212. The van der Waals surface area contributed by atoms with Crippen LogP contribution < -0.4 is 5.32 Å². The fraction of sp³-hybridized carbons (Fsp3) is 0.364. The average Bonchev–Trinajstić information content (AvgIpc) is 2.16. The first kappa shape index (κ1) is 11.4. The minimum atomic E-state index is -0.432. The number of nitrogens with one attached hydrogen (secondary N) is 1. The number of hydrogen-bond donors (Lipinski definition) is 2. The molecule has 1 aromatic rings. The van der Waals surface area contributed by atoms with Crippen molar-refractivity contribution in [1.29, 1.82) is 0 Å². The quantitative estimate of drug-likeness (QED) is 0.800. The van der Waals surface area contributed by atoms with E-state index in [1.54, 1.807) is 38.1 Å². The standard InChI is InChI=1S/C11H15NO3/c1-8(2)15-11(14)12-7-9-3-5-10(13)6-4-9/h3-6,8,13H,7H2,1-2H3,(H,12,14). The summed E-state index contributed by atoms with van der Waals surface area (Å²) < 4.78 is 4.90. The number of hydrogen-bond acceptors (Lipinski definition) is 3. The van der Waals surface area contributed by atoms with E-state index in [2.05, 4.69) is 5.32 Å². The van der Waals surface area contributed by atoms with Crippen molar-refractivity contribution in [3.63, 3.8) is 0 Å². The van der Waals surface area contributed by atoms with Gasteiger partial charge in [0.1, 0.15) is 5.75 Å². The van der Waals surface area contributed by atoms with Crippen molar-refractivity contribution in [2.75, 3.05) is 0 Å². The molecule has 4 nitrogen and oxygen atoms in total. The molecule has 0 aliphatic rings. The van der Waals surface area contributed by atoms with Crippen molar-refractivity contribution >= 4 is 6.09 Å². The van der Waals surface area contributed by atoms with Gasteiger partial charge in [-0.2, -0.15) is 0 Å². The molecular formula is C11H15NO3. The largest absolute Gasteiger partial charge is 0.508 e. The molecule has 0 fully saturated rings. The van der Waals surface area contributed by atoms with Gasteiger partial charge in [-0.1, -0.05) is 12.1 Å². The molecule has 15 heavy (non-hydrogen) atoms. The van der Waals surface area contributed by atoms with Crippen LogP contribution in [0.25, 0.3) is 0 Å². The maximum Gasteiger partial charge on any atom is 0.407 e. The SMILES string of the molecule is CC(C)OC(=O)NCc1ccc(O)cc1. The van der Waals surface area contributed by atoms with E-state index in [-0.39, 0.29) is 11.9 Å². The van der Waals surface area contributed by atoms with Crippen LogP contribution in [0.3, 0.4) is 0 Å². The first-order chi connectivity index (χ1) is 7.08. The molecule has 0 spiro atoms. The van der Waals surface area contributed by atoms with E-state index in [0.717, 1.165) is 5.56 Å². The molecule has 1 aromatic carbocycles. The molecule has 2 N–H and O–H groups in total. The lowest BCUT2D eigenvalue weighted by atomic mass is 10.2.